The zero-order valence-corrected chi connectivity index (χ0v) is 19.5. The van der Waals surface area contributed by atoms with Crippen molar-refractivity contribution in [2.75, 3.05) is 31.6 Å². The first-order valence-corrected chi connectivity index (χ1v) is 12.5. The van der Waals surface area contributed by atoms with E-state index < -0.39 is 21.5 Å². The van der Waals surface area contributed by atoms with Gasteiger partial charge in [0.05, 0.1) is 30.2 Å². The lowest BCUT2D eigenvalue weighted by Crippen LogP contribution is -2.40. The minimum absolute atomic E-state index is 0.0502. The van der Waals surface area contributed by atoms with Gasteiger partial charge in [-0.2, -0.15) is 9.40 Å². The van der Waals surface area contributed by atoms with E-state index >= 15 is 0 Å². The molecule has 0 saturated carbocycles. The number of H-pyrrole nitrogens is 1. The molecule has 11 heteroatoms. The van der Waals surface area contributed by atoms with Crippen LogP contribution in [0.5, 0.6) is 0 Å². The van der Waals surface area contributed by atoms with E-state index in [2.05, 4.69) is 15.4 Å². The molecular weight excluding hydrogens is 470 g/mol. The molecule has 0 unspecified atom stereocenters. The molecule has 2 aromatic carbocycles. The number of nitrogens with one attached hydrogen (secondary N) is 2. The lowest BCUT2D eigenvalue weighted by Gasteiger charge is -2.26. The molecule has 35 heavy (non-hydrogen) atoms. The third-order valence-electron chi connectivity index (χ3n) is 5.76. The number of hydrogen-bond acceptors (Lipinski definition) is 6. The minimum atomic E-state index is -3.77. The van der Waals surface area contributed by atoms with E-state index in [-0.39, 0.29) is 23.5 Å². The normalized spacial score (nSPS) is 14.7. The molecule has 0 bridgehead atoms. The number of hydrogen-bond donors (Lipinski definition) is 2. The Hall–Kier alpha value is -3.80. The molecule has 1 aliphatic heterocycles. The van der Waals surface area contributed by atoms with Crippen LogP contribution in [0, 0.1) is 0 Å². The van der Waals surface area contributed by atoms with Crippen LogP contribution in [0.3, 0.4) is 0 Å². The Morgan fingerprint density at radius 1 is 1.09 bits per heavy atom. The second-order valence-electron chi connectivity index (χ2n) is 8.13. The molecule has 180 valence electrons. The third-order valence-corrected chi connectivity index (χ3v) is 7.65. The van der Waals surface area contributed by atoms with Crippen molar-refractivity contribution in [2.24, 2.45) is 0 Å². The Bertz CT molecular complexity index is 1540. The van der Waals surface area contributed by atoms with E-state index in [1.165, 1.54) is 28.6 Å². The van der Waals surface area contributed by atoms with Gasteiger partial charge in [0.25, 0.3) is 5.91 Å². The summed E-state index contributed by atoms with van der Waals surface area (Å²) in [6.45, 7) is 1.70. The van der Waals surface area contributed by atoms with Crippen molar-refractivity contribution >= 4 is 32.5 Å². The number of morpholine rings is 1. The first kappa shape index (κ1) is 23.0. The van der Waals surface area contributed by atoms with E-state index in [0.717, 1.165) is 5.56 Å². The zero-order chi connectivity index (χ0) is 24.4. The van der Waals surface area contributed by atoms with Crippen LogP contribution >= 0.6 is 0 Å². The summed E-state index contributed by atoms with van der Waals surface area (Å²) in [6.07, 6.45) is 3.54. The van der Waals surface area contributed by atoms with Crippen LogP contribution in [0.2, 0.25) is 0 Å². The molecule has 5 rings (SSSR count). The number of carbonyl (C=O) groups is 1. The van der Waals surface area contributed by atoms with Gasteiger partial charge in [-0.3, -0.25) is 14.3 Å². The van der Waals surface area contributed by atoms with Crippen LogP contribution in [-0.2, 0) is 21.3 Å². The highest BCUT2D eigenvalue weighted by atomic mass is 32.2. The van der Waals surface area contributed by atoms with Crippen molar-refractivity contribution in [1.82, 2.24) is 19.1 Å². The van der Waals surface area contributed by atoms with E-state index in [1.54, 1.807) is 16.9 Å². The highest BCUT2D eigenvalue weighted by molar-refractivity contribution is 7.89. The average Bonchev–Trinajstić information content (AvgIpc) is 3.37. The molecule has 1 aliphatic rings. The van der Waals surface area contributed by atoms with Gasteiger partial charge in [0.2, 0.25) is 15.6 Å². The number of carbonyl (C=O) groups excluding carboxylic acids is 1. The van der Waals surface area contributed by atoms with Crippen LogP contribution in [0.25, 0.3) is 10.9 Å². The molecule has 10 nitrogen and oxygen atoms in total. The Labute approximate surface area is 201 Å². The molecule has 1 amide bonds. The summed E-state index contributed by atoms with van der Waals surface area (Å²) in [5.74, 6) is -0.516. The molecule has 3 heterocycles. The SMILES string of the molecule is O=C(Nc1cccc(Cn2cccn2)c1)c1cc(=O)[nH]c2ccc(S(=O)(=O)N3CCOCC3)cc12. The van der Waals surface area contributed by atoms with Crippen LogP contribution in [0.15, 0.2) is 76.7 Å². The number of nitrogens with zero attached hydrogens (tertiary/aromatic N) is 3. The Kier molecular flexibility index (Phi) is 6.20. The number of aromatic nitrogens is 3. The number of ether oxygens (including phenoxy) is 1. The lowest BCUT2D eigenvalue weighted by molar-refractivity contribution is 0.0730. The molecule has 1 saturated heterocycles. The molecule has 2 aromatic heterocycles. The van der Waals surface area contributed by atoms with Gasteiger partial charge < -0.3 is 15.0 Å². The van der Waals surface area contributed by atoms with Crippen molar-refractivity contribution in [1.29, 1.82) is 0 Å². The molecule has 0 atom stereocenters. The number of anilines is 1. The second kappa shape index (κ2) is 9.45. The van der Waals surface area contributed by atoms with E-state index in [9.17, 15) is 18.0 Å². The van der Waals surface area contributed by atoms with Gasteiger partial charge in [-0.25, -0.2) is 8.42 Å². The largest absolute Gasteiger partial charge is 0.379 e. The highest BCUT2D eigenvalue weighted by Gasteiger charge is 2.27. The number of sulfonamides is 1. The van der Waals surface area contributed by atoms with Gasteiger partial charge in [0, 0.05) is 48.1 Å². The zero-order valence-electron chi connectivity index (χ0n) is 18.7. The predicted molar refractivity (Wildman–Crippen MR) is 130 cm³/mol. The second-order valence-corrected chi connectivity index (χ2v) is 10.1. The highest BCUT2D eigenvalue weighted by Crippen LogP contribution is 2.24. The van der Waals surface area contributed by atoms with Crippen molar-refractivity contribution < 1.29 is 17.9 Å². The lowest BCUT2D eigenvalue weighted by atomic mass is 10.1. The molecule has 0 spiro atoms. The quantitative estimate of drug-likeness (QED) is 0.423. The summed E-state index contributed by atoms with van der Waals surface area (Å²) in [7, 11) is -3.77. The summed E-state index contributed by atoms with van der Waals surface area (Å²) in [5.41, 5.74) is 1.47. The Balaban J connectivity index is 1.47. The maximum absolute atomic E-state index is 13.2. The number of pyridine rings is 1. The first-order valence-electron chi connectivity index (χ1n) is 11.0. The average molecular weight is 494 g/mol. The summed E-state index contributed by atoms with van der Waals surface area (Å²) in [6, 6.07) is 14.7. The fourth-order valence-corrected chi connectivity index (χ4v) is 5.48. The molecule has 2 N–H and O–H groups in total. The van der Waals surface area contributed by atoms with Crippen molar-refractivity contribution in [3.05, 3.63) is 88.5 Å². The Morgan fingerprint density at radius 2 is 1.91 bits per heavy atom. The van der Waals surface area contributed by atoms with Crippen molar-refractivity contribution in [3.8, 4) is 0 Å². The van der Waals surface area contributed by atoms with Gasteiger partial charge in [-0.15, -0.1) is 0 Å². The van der Waals surface area contributed by atoms with E-state index in [4.69, 9.17) is 4.74 Å². The summed E-state index contributed by atoms with van der Waals surface area (Å²) < 4.78 is 34.6. The Morgan fingerprint density at radius 3 is 2.69 bits per heavy atom. The third kappa shape index (κ3) is 4.87. The van der Waals surface area contributed by atoms with Gasteiger partial charge in [0.15, 0.2) is 0 Å². The maximum Gasteiger partial charge on any atom is 0.256 e. The number of amides is 1. The molecule has 0 aliphatic carbocycles. The topological polar surface area (TPSA) is 126 Å². The van der Waals surface area contributed by atoms with E-state index in [0.29, 0.717) is 36.3 Å². The van der Waals surface area contributed by atoms with Crippen molar-refractivity contribution in [2.45, 2.75) is 11.4 Å². The van der Waals surface area contributed by atoms with Crippen LogP contribution in [0.4, 0.5) is 5.69 Å². The van der Waals surface area contributed by atoms with Crippen LogP contribution < -0.4 is 10.9 Å². The standard InChI is InChI=1S/C24H23N5O5S/c30-23-15-21(24(31)26-18-4-1-3-17(13-18)16-28-8-2-7-25-28)20-14-19(5-6-22(20)27-23)35(32,33)29-9-11-34-12-10-29/h1-8,13-15H,9-12,16H2,(H,26,31)(H,27,30). The fraction of sp³-hybridized carbons (Fsp3) is 0.208. The maximum atomic E-state index is 13.2. The molecule has 0 radical (unpaired) electrons. The monoisotopic (exact) mass is 493 g/mol. The summed E-state index contributed by atoms with van der Waals surface area (Å²) >= 11 is 0. The van der Waals surface area contributed by atoms with Crippen LogP contribution in [-0.4, -0.2) is 59.7 Å². The number of fused-ring (bicyclic) bond motifs is 1. The number of rotatable bonds is 6. The summed E-state index contributed by atoms with van der Waals surface area (Å²) in [5, 5.41) is 7.35. The van der Waals surface area contributed by atoms with Gasteiger partial charge in [-0.1, -0.05) is 12.1 Å². The number of aromatic amines is 1. The molecule has 1 fully saturated rings. The van der Waals surface area contributed by atoms with Gasteiger partial charge >= 0.3 is 0 Å². The molecule has 4 aromatic rings. The minimum Gasteiger partial charge on any atom is -0.379 e. The van der Waals surface area contributed by atoms with Crippen molar-refractivity contribution in [3.63, 3.8) is 0 Å². The summed E-state index contributed by atoms with van der Waals surface area (Å²) in [4.78, 5) is 28.2. The predicted octanol–water partition coefficient (Wildman–Crippen LogP) is 2.05. The van der Waals surface area contributed by atoms with Gasteiger partial charge in [0.1, 0.15) is 0 Å². The van der Waals surface area contributed by atoms with Gasteiger partial charge in [-0.05, 0) is 42.0 Å². The van der Waals surface area contributed by atoms with Crippen LogP contribution in [0.1, 0.15) is 15.9 Å². The molecular formula is C24H23N5O5S. The number of benzene rings is 2. The smallest absolute Gasteiger partial charge is 0.256 e. The fourth-order valence-electron chi connectivity index (χ4n) is 4.04. The van der Waals surface area contributed by atoms with E-state index in [1.807, 2.05) is 30.5 Å². The first-order chi connectivity index (χ1) is 16.9.